The summed E-state index contributed by atoms with van der Waals surface area (Å²) in [5, 5.41) is 5.34. The summed E-state index contributed by atoms with van der Waals surface area (Å²) in [6.07, 6.45) is 0. The van der Waals surface area contributed by atoms with E-state index in [9.17, 15) is 8.78 Å². The van der Waals surface area contributed by atoms with Crippen LogP contribution in [-0.4, -0.2) is 0 Å². The first-order valence-corrected chi connectivity index (χ1v) is 6.39. The molecular formula is C17H13F2N. The van der Waals surface area contributed by atoms with Crippen LogP contribution in [0.3, 0.4) is 0 Å². The molecule has 0 radical (unpaired) electrons. The molecule has 0 aliphatic carbocycles. The number of anilines is 1. The smallest absolute Gasteiger partial charge is 0.128 e. The van der Waals surface area contributed by atoms with Gasteiger partial charge in [-0.3, -0.25) is 0 Å². The molecule has 3 rings (SSSR count). The predicted octanol–water partition coefficient (Wildman–Crippen LogP) is 4.73. The van der Waals surface area contributed by atoms with Crippen LogP contribution >= 0.6 is 0 Å². The lowest BCUT2D eigenvalue weighted by Gasteiger charge is -2.09. The van der Waals surface area contributed by atoms with Crippen LogP contribution in [0.1, 0.15) is 5.56 Å². The highest BCUT2D eigenvalue weighted by atomic mass is 19.1. The topological polar surface area (TPSA) is 12.0 Å². The van der Waals surface area contributed by atoms with Crippen molar-refractivity contribution in [3.63, 3.8) is 0 Å². The average molecular weight is 269 g/mol. The van der Waals surface area contributed by atoms with E-state index >= 15 is 0 Å². The molecule has 0 heterocycles. The zero-order chi connectivity index (χ0) is 13.9. The molecule has 3 aromatic rings. The lowest BCUT2D eigenvalue weighted by Crippen LogP contribution is -2.01. The van der Waals surface area contributed by atoms with Crippen molar-refractivity contribution >= 4 is 16.5 Å². The molecule has 3 heteroatoms. The van der Waals surface area contributed by atoms with Gasteiger partial charge in [-0.2, -0.15) is 0 Å². The van der Waals surface area contributed by atoms with Crippen LogP contribution in [0.4, 0.5) is 14.5 Å². The molecule has 1 nitrogen and oxygen atoms in total. The Labute approximate surface area is 115 Å². The van der Waals surface area contributed by atoms with Crippen molar-refractivity contribution in [2.45, 2.75) is 6.54 Å². The van der Waals surface area contributed by atoms with Gasteiger partial charge >= 0.3 is 0 Å². The highest BCUT2D eigenvalue weighted by molar-refractivity contribution is 5.85. The first-order chi connectivity index (χ1) is 9.72. The lowest BCUT2D eigenvalue weighted by molar-refractivity contribution is 0.584. The molecule has 0 aliphatic heterocycles. The molecule has 0 amide bonds. The molecular weight excluding hydrogens is 256 g/mol. The van der Waals surface area contributed by atoms with E-state index in [0.29, 0.717) is 12.2 Å². The zero-order valence-electron chi connectivity index (χ0n) is 10.7. The number of halogens is 2. The minimum Gasteiger partial charge on any atom is -0.381 e. The van der Waals surface area contributed by atoms with Gasteiger partial charge in [-0.15, -0.1) is 0 Å². The lowest BCUT2D eigenvalue weighted by atomic mass is 10.0. The number of benzene rings is 3. The Morgan fingerprint density at radius 2 is 1.50 bits per heavy atom. The van der Waals surface area contributed by atoms with E-state index in [-0.39, 0.29) is 0 Å². The van der Waals surface area contributed by atoms with Crippen LogP contribution in [0.25, 0.3) is 10.8 Å². The van der Waals surface area contributed by atoms with E-state index in [1.165, 1.54) is 12.1 Å². The second kappa shape index (κ2) is 5.29. The van der Waals surface area contributed by atoms with Gasteiger partial charge in [-0.25, -0.2) is 8.78 Å². The summed E-state index contributed by atoms with van der Waals surface area (Å²) < 4.78 is 26.3. The second-order valence-electron chi connectivity index (χ2n) is 4.65. The van der Waals surface area contributed by atoms with E-state index in [2.05, 4.69) is 5.32 Å². The molecule has 0 spiro atoms. The van der Waals surface area contributed by atoms with Gasteiger partial charge < -0.3 is 5.32 Å². The Hall–Kier alpha value is -2.42. The first kappa shape index (κ1) is 12.6. The van der Waals surface area contributed by atoms with Crippen LogP contribution in [0.15, 0.2) is 60.7 Å². The molecule has 20 heavy (non-hydrogen) atoms. The minimum absolute atomic E-state index is 0.440. The molecule has 0 aromatic heterocycles. The largest absolute Gasteiger partial charge is 0.381 e. The number of hydrogen-bond donors (Lipinski definition) is 1. The molecule has 100 valence electrons. The molecule has 0 fully saturated rings. The van der Waals surface area contributed by atoms with Crippen LogP contribution in [0.5, 0.6) is 0 Å². The predicted molar refractivity (Wildman–Crippen MR) is 77.6 cm³/mol. The number of fused-ring (bicyclic) bond motifs is 1. The van der Waals surface area contributed by atoms with Crippen LogP contribution in [-0.2, 0) is 6.54 Å². The monoisotopic (exact) mass is 269 g/mol. The highest BCUT2D eigenvalue weighted by Crippen LogP contribution is 2.20. The van der Waals surface area contributed by atoms with Crippen molar-refractivity contribution in [3.8, 4) is 0 Å². The summed E-state index contributed by atoms with van der Waals surface area (Å²) in [5.41, 5.74) is 1.53. The van der Waals surface area contributed by atoms with Crippen molar-refractivity contribution < 1.29 is 8.78 Å². The minimum atomic E-state index is -0.578. The van der Waals surface area contributed by atoms with Crippen molar-refractivity contribution in [2.24, 2.45) is 0 Å². The van der Waals surface area contributed by atoms with Gasteiger partial charge in [0.2, 0.25) is 0 Å². The summed E-state index contributed by atoms with van der Waals surface area (Å²) in [7, 11) is 0. The molecule has 3 aromatic carbocycles. The van der Waals surface area contributed by atoms with E-state index in [0.717, 1.165) is 22.4 Å². The van der Waals surface area contributed by atoms with E-state index in [4.69, 9.17) is 0 Å². The van der Waals surface area contributed by atoms with Gasteiger partial charge in [-0.1, -0.05) is 42.5 Å². The highest BCUT2D eigenvalue weighted by Gasteiger charge is 2.03. The van der Waals surface area contributed by atoms with Crippen molar-refractivity contribution in [1.29, 1.82) is 0 Å². The van der Waals surface area contributed by atoms with Gasteiger partial charge in [0, 0.05) is 18.3 Å². The Morgan fingerprint density at radius 3 is 2.30 bits per heavy atom. The normalized spacial score (nSPS) is 10.7. The maximum Gasteiger partial charge on any atom is 0.128 e. The zero-order valence-corrected chi connectivity index (χ0v) is 10.7. The van der Waals surface area contributed by atoms with E-state index < -0.39 is 11.6 Å². The maximum atomic E-state index is 13.1. The summed E-state index contributed by atoms with van der Waals surface area (Å²) in [6, 6.07) is 17.5. The molecule has 0 saturated heterocycles. The summed E-state index contributed by atoms with van der Waals surface area (Å²) in [5.74, 6) is -1.16. The van der Waals surface area contributed by atoms with Crippen LogP contribution in [0, 0.1) is 11.6 Å². The second-order valence-corrected chi connectivity index (χ2v) is 4.65. The van der Waals surface area contributed by atoms with Crippen LogP contribution < -0.4 is 5.32 Å². The third kappa shape index (κ3) is 2.62. The molecule has 0 saturated carbocycles. The third-order valence-corrected chi connectivity index (χ3v) is 3.23. The average Bonchev–Trinajstić information content (AvgIpc) is 2.44. The first-order valence-electron chi connectivity index (χ1n) is 6.39. The van der Waals surface area contributed by atoms with Gasteiger partial charge in [0.1, 0.15) is 11.6 Å². The number of hydrogen-bond acceptors (Lipinski definition) is 1. The molecule has 0 atom stereocenters. The fourth-order valence-electron chi connectivity index (χ4n) is 2.30. The summed E-state index contributed by atoms with van der Waals surface area (Å²) in [4.78, 5) is 0. The molecule has 0 unspecified atom stereocenters. The Morgan fingerprint density at radius 1 is 0.800 bits per heavy atom. The Bertz CT molecular complexity index is 727. The Balaban J connectivity index is 1.87. The fraction of sp³-hybridized carbons (Fsp3) is 0.0588. The van der Waals surface area contributed by atoms with Crippen LogP contribution in [0.2, 0.25) is 0 Å². The molecule has 0 bridgehead atoms. The number of nitrogens with one attached hydrogen (secondary N) is 1. The van der Waals surface area contributed by atoms with Crippen molar-refractivity contribution in [3.05, 3.63) is 77.9 Å². The van der Waals surface area contributed by atoms with Crippen molar-refractivity contribution in [2.75, 3.05) is 5.32 Å². The van der Waals surface area contributed by atoms with Gasteiger partial charge in [0.05, 0.1) is 0 Å². The molecule has 0 aliphatic rings. The summed E-state index contributed by atoms with van der Waals surface area (Å²) >= 11 is 0. The van der Waals surface area contributed by atoms with Gasteiger partial charge in [0.15, 0.2) is 0 Å². The summed E-state index contributed by atoms with van der Waals surface area (Å²) in [6.45, 7) is 0.518. The SMILES string of the molecule is Fc1cc(F)cc(NCc2cccc3ccccc23)c1. The molecule has 1 N–H and O–H groups in total. The fourth-order valence-corrected chi connectivity index (χ4v) is 2.30. The standard InChI is InChI=1S/C17H13F2N/c18-14-8-15(19)10-16(9-14)20-11-13-6-3-5-12-4-1-2-7-17(12)13/h1-10,20H,11H2. The van der Waals surface area contributed by atoms with E-state index in [1.54, 1.807) is 0 Å². The quantitative estimate of drug-likeness (QED) is 0.724. The van der Waals surface area contributed by atoms with E-state index in [1.807, 2.05) is 42.5 Å². The third-order valence-electron chi connectivity index (χ3n) is 3.23. The van der Waals surface area contributed by atoms with Gasteiger partial charge in [-0.05, 0) is 28.5 Å². The maximum absolute atomic E-state index is 13.1. The number of rotatable bonds is 3. The Kier molecular flexibility index (Phi) is 3.33. The van der Waals surface area contributed by atoms with Gasteiger partial charge in [0.25, 0.3) is 0 Å². The van der Waals surface area contributed by atoms with Crippen molar-refractivity contribution in [1.82, 2.24) is 0 Å².